The monoisotopic (exact) mass is 290 g/mol. The minimum absolute atomic E-state index is 0.0251. The number of methoxy groups -OCH3 is 1. The molecule has 1 heterocycles. The molecule has 1 aromatic heterocycles. The van der Waals surface area contributed by atoms with Crippen molar-refractivity contribution in [2.24, 2.45) is 0 Å². The molecule has 21 heavy (non-hydrogen) atoms. The van der Waals surface area contributed by atoms with Crippen molar-refractivity contribution in [3.8, 4) is 17.1 Å². The lowest BCUT2D eigenvalue weighted by molar-refractivity contribution is -0.138. The van der Waals surface area contributed by atoms with Crippen LogP contribution in [0.1, 0.15) is 31.4 Å². The Morgan fingerprint density at radius 2 is 2.24 bits per heavy atom. The van der Waals surface area contributed by atoms with Gasteiger partial charge < -0.3 is 9.84 Å². The van der Waals surface area contributed by atoms with E-state index >= 15 is 0 Å². The molecule has 0 bridgehead atoms. The highest BCUT2D eigenvalue weighted by Gasteiger charge is 2.21. The van der Waals surface area contributed by atoms with Crippen LogP contribution in [0.25, 0.3) is 11.4 Å². The summed E-state index contributed by atoms with van der Waals surface area (Å²) in [6.45, 7) is 3.87. The van der Waals surface area contributed by atoms with Gasteiger partial charge in [-0.1, -0.05) is 18.6 Å². The standard InChI is InChI=1S/C14H18N4O3/c1-4-10(8-13(19)20)18-14(15-16-17-18)11-7-9(2)5-6-12(11)21-3/h5-7,10H,4,8H2,1-3H3,(H,19,20). The molecular formula is C14H18N4O3. The topological polar surface area (TPSA) is 90.1 Å². The van der Waals surface area contributed by atoms with Crippen LogP contribution in [0.5, 0.6) is 5.75 Å². The first kappa shape index (κ1) is 15.0. The lowest BCUT2D eigenvalue weighted by Gasteiger charge is -2.15. The van der Waals surface area contributed by atoms with Crippen molar-refractivity contribution in [2.75, 3.05) is 7.11 Å². The molecule has 0 aliphatic rings. The maximum atomic E-state index is 11.0. The first-order valence-electron chi connectivity index (χ1n) is 6.71. The fourth-order valence-electron chi connectivity index (χ4n) is 2.22. The number of aromatic nitrogens is 4. The fraction of sp³-hybridized carbons (Fsp3) is 0.429. The summed E-state index contributed by atoms with van der Waals surface area (Å²) in [5, 5.41) is 20.7. The number of aryl methyl sites for hydroxylation is 1. The molecule has 1 unspecified atom stereocenters. The number of carboxylic acids is 1. The lowest BCUT2D eigenvalue weighted by Crippen LogP contribution is -2.16. The maximum absolute atomic E-state index is 11.0. The first-order valence-corrected chi connectivity index (χ1v) is 6.71. The van der Waals surface area contributed by atoms with Gasteiger partial charge in [0.1, 0.15) is 5.75 Å². The van der Waals surface area contributed by atoms with E-state index in [1.807, 2.05) is 32.0 Å². The van der Waals surface area contributed by atoms with E-state index in [1.54, 1.807) is 11.8 Å². The number of tetrazole rings is 1. The van der Waals surface area contributed by atoms with Gasteiger partial charge in [0.05, 0.1) is 25.1 Å². The van der Waals surface area contributed by atoms with Gasteiger partial charge in [-0.3, -0.25) is 4.79 Å². The minimum atomic E-state index is -0.875. The van der Waals surface area contributed by atoms with Crippen molar-refractivity contribution >= 4 is 5.97 Å². The SMILES string of the molecule is CCC(CC(=O)O)n1nnnc1-c1cc(C)ccc1OC. The summed E-state index contributed by atoms with van der Waals surface area (Å²) in [7, 11) is 1.58. The average molecular weight is 290 g/mol. The van der Waals surface area contributed by atoms with E-state index in [1.165, 1.54) is 0 Å². The van der Waals surface area contributed by atoms with Crippen molar-refractivity contribution in [1.82, 2.24) is 20.2 Å². The molecule has 7 nitrogen and oxygen atoms in total. The summed E-state index contributed by atoms with van der Waals surface area (Å²) in [5.41, 5.74) is 1.80. The third-order valence-electron chi connectivity index (χ3n) is 3.32. The Hall–Kier alpha value is -2.44. The van der Waals surface area contributed by atoms with E-state index in [0.29, 0.717) is 18.0 Å². The molecule has 2 rings (SSSR count). The maximum Gasteiger partial charge on any atom is 0.305 e. The largest absolute Gasteiger partial charge is 0.496 e. The molecule has 0 aliphatic heterocycles. The number of hydrogen-bond acceptors (Lipinski definition) is 5. The van der Waals surface area contributed by atoms with Crippen LogP contribution in [0, 0.1) is 6.92 Å². The number of rotatable bonds is 6. The number of nitrogens with zero attached hydrogens (tertiary/aromatic N) is 4. The van der Waals surface area contributed by atoms with Gasteiger partial charge in [0.25, 0.3) is 0 Å². The highest BCUT2D eigenvalue weighted by atomic mass is 16.5. The third-order valence-corrected chi connectivity index (χ3v) is 3.32. The zero-order valence-electron chi connectivity index (χ0n) is 12.3. The van der Waals surface area contributed by atoms with E-state index in [0.717, 1.165) is 11.1 Å². The number of benzene rings is 1. The molecular weight excluding hydrogens is 272 g/mol. The van der Waals surface area contributed by atoms with Crippen LogP contribution in [0.2, 0.25) is 0 Å². The summed E-state index contributed by atoms with van der Waals surface area (Å²) in [6.07, 6.45) is 0.598. The smallest absolute Gasteiger partial charge is 0.305 e. The molecule has 0 saturated carbocycles. The Kier molecular flexibility index (Phi) is 4.52. The van der Waals surface area contributed by atoms with Crippen LogP contribution in [0.4, 0.5) is 0 Å². The van der Waals surface area contributed by atoms with Crippen LogP contribution >= 0.6 is 0 Å². The molecule has 7 heteroatoms. The Labute approximate surface area is 122 Å². The number of ether oxygens (including phenoxy) is 1. The van der Waals surface area contributed by atoms with Gasteiger partial charge in [0.2, 0.25) is 0 Å². The van der Waals surface area contributed by atoms with E-state index in [4.69, 9.17) is 9.84 Å². The zero-order chi connectivity index (χ0) is 15.4. The van der Waals surface area contributed by atoms with Crippen LogP contribution in [-0.4, -0.2) is 38.4 Å². The minimum Gasteiger partial charge on any atom is -0.496 e. The molecule has 112 valence electrons. The van der Waals surface area contributed by atoms with Crippen molar-refractivity contribution in [1.29, 1.82) is 0 Å². The number of aliphatic carboxylic acids is 1. The molecule has 2 aromatic rings. The van der Waals surface area contributed by atoms with Crippen LogP contribution < -0.4 is 4.74 Å². The van der Waals surface area contributed by atoms with Gasteiger partial charge >= 0.3 is 5.97 Å². The predicted molar refractivity (Wildman–Crippen MR) is 76.1 cm³/mol. The molecule has 0 saturated heterocycles. The Morgan fingerprint density at radius 3 is 2.86 bits per heavy atom. The summed E-state index contributed by atoms with van der Waals surface area (Å²) in [5.74, 6) is 0.296. The normalized spacial score (nSPS) is 12.1. The second-order valence-electron chi connectivity index (χ2n) is 4.81. The summed E-state index contributed by atoms with van der Waals surface area (Å²) >= 11 is 0. The third kappa shape index (κ3) is 3.18. The quantitative estimate of drug-likeness (QED) is 0.876. The molecule has 0 aliphatic carbocycles. The predicted octanol–water partition coefficient (Wildman–Crippen LogP) is 2.08. The van der Waals surface area contributed by atoms with Gasteiger partial charge in [-0.05, 0) is 35.9 Å². The Morgan fingerprint density at radius 1 is 1.48 bits per heavy atom. The van der Waals surface area contributed by atoms with Crippen molar-refractivity contribution < 1.29 is 14.6 Å². The summed E-state index contributed by atoms with van der Waals surface area (Å²) in [4.78, 5) is 11.0. The van der Waals surface area contributed by atoms with Crippen molar-refractivity contribution in [3.63, 3.8) is 0 Å². The van der Waals surface area contributed by atoms with Gasteiger partial charge in [-0.25, -0.2) is 4.68 Å². The molecule has 1 aromatic carbocycles. The van der Waals surface area contributed by atoms with Gasteiger partial charge in [-0.15, -0.1) is 5.10 Å². The summed E-state index contributed by atoms with van der Waals surface area (Å²) < 4.78 is 6.91. The van der Waals surface area contributed by atoms with E-state index < -0.39 is 5.97 Å². The lowest BCUT2D eigenvalue weighted by atomic mass is 10.1. The van der Waals surface area contributed by atoms with E-state index in [2.05, 4.69) is 15.5 Å². The number of hydrogen-bond donors (Lipinski definition) is 1. The zero-order valence-corrected chi connectivity index (χ0v) is 12.3. The highest BCUT2D eigenvalue weighted by molar-refractivity contribution is 5.68. The molecule has 0 spiro atoms. The highest BCUT2D eigenvalue weighted by Crippen LogP contribution is 2.31. The molecule has 0 radical (unpaired) electrons. The molecule has 1 N–H and O–H groups in total. The van der Waals surface area contributed by atoms with E-state index in [9.17, 15) is 4.79 Å². The first-order chi connectivity index (χ1) is 10.1. The summed E-state index contributed by atoms with van der Waals surface area (Å²) in [6, 6.07) is 5.42. The average Bonchev–Trinajstić information content (AvgIpc) is 2.93. The van der Waals surface area contributed by atoms with Crippen LogP contribution in [0.15, 0.2) is 18.2 Å². The second-order valence-corrected chi connectivity index (χ2v) is 4.81. The number of carbonyl (C=O) groups is 1. The second kappa shape index (κ2) is 6.34. The molecule has 0 amide bonds. The Bertz CT molecular complexity index is 639. The fourth-order valence-corrected chi connectivity index (χ4v) is 2.22. The van der Waals surface area contributed by atoms with Gasteiger partial charge in [-0.2, -0.15) is 0 Å². The molecule has 1 atom stereocenters. The van der Waals surface area contributed by atoms with Gasteiger partial charge in [0.15, 0.2) is 5.82 Å². The molecule has 0 fully saturated rings. The van der Waals surface area contributed by atoms with Crippen LogP contribution in [-0.2, 0) is 4.79 Å². The van der Waals surface area contributed by atoms with Gasteiger partial charge in [0, 0.05) is 0 Å². The van der Waals surface area contributed by atoms with E-state index in [-0.39, 0.29) is 12.5 Å². The number of carboxylic acid groups (broad SMARTS) is 1. The van der Waals surface area contributed by atoms with Crippen LogP contribution in [0.3, 0.4) is 0 Å². The van der Waals surface area contributed by atoms with Crippen molar-refractivity contribution in [2.45, 2.75) is 32.7 Å². The van der Waals surface area contributed by atoms with Crippen molar-refractivity contribution in [3.05, 3.63) is 23.8 Å². The Balaban J connectivity index is 2.49.